The van der Waals surface area contributed by atoms with Gasteiger partial charge in [-0.1, -0.05) is 114 Å². The van der Waals surface area contributed by atoms with Crippen LogP contribution in [0.2, 0.25) is 0 Å². The summed E-state index contributed by atoms with van der Waals surface area (Å²) in [6, 6.07) is 0. The van der Waals surface area contributed by atoms with Gasteiger partial charge in [0.15, 0.2) is 0 Å². The van der Waals surface area contributed by atoms with Crippen LogP contribution in [-0.4, -0.2) is 75.6 Å². The molecule has 0 saturated carbocycles. The maximum atomic E-state index is 12.6. The van der Waals surface area contributed by atoms with Crippen molar-refractivity contribution in [3.8, 4) is 0 Å². The third-order valence-electron chi connectivity index (χ3n) is 7.15. The number of carbonyl (C=O) groups excluding carboxylic acids is 1. The van der Waals surface area contributed by atoms with Crippen LogP contribution in [0, 0.1) is 0 Å². The summed E-state index contributed by atoms with van der Waals surface area (Å²) < 4.78 is 34.6. The molecule has 8 nitrogen and oxygen atoms in total. The average molecular weight is 671 g/mol. The number of phosphoric ester groups is 1. The van der Waals surface area contributed by atoms with E-state index in [1.165, 1.54) is 32.1 Å². The summed E-state index contributed by atoms with van der Waals surface area (Å²) >= 11 is 0. The Labute approximate surface area is 282 Å². The number of hydrogen-bond donors (Lipinski definition) is 1. The Balaban J connectivity index is 4.32. The number of likely N-dealkylation sites (N-methyl/N-ethyl adjacent to an activating group) is 1. The van der Waals surface area contributed by atoms with Crippen LogP contribution in [0.1, 0.15) is 123 Å². The first-order valence-corrected chi connectivity index (χ1v) is 19.4. The average Bonchev–Trinajstić information content (AvgIpc) is 2.99. The third-order valence-corrected chi connectivity index (χ3v) is 8.14. The molecule has 0 aliphatic carbocycles. The highest BCUT2D eigenvalue weighted by atomic mass is 31.2. The van der Waals surface area contributed by atoms with Crippen LogP contribution in [0.3, 0.4) is 0 Å². The van der Waals surface area contributed by atoms with Crippen molar-refractivity contribution >= 4 is 13.8 Å². The molecule has 0 aromatic carbocycles. The molecular formula is C37H69NO7P+. The van der Waals surface area contributed by atoms with E-state index >= 15 is 0 Å². The van der Waals surface area contributed by atoms with E-state index in [0.717, 1.165) is 70.6 Å². The van der Waals surface area contributed by atoms with Gasteiger partial charge in [0.2, 0.25) is 0 Å². The third kappa shape index (κ3) is 33.8. The smallest absolute Gasteiger partial charge is 0.457 e. The highest BCUT2D eigenvalue weighted by molar-refractivity contribution is 7.47. The molecule has 9 heteroatoms. The first kappa shape index (κ1) is 44.5. The van der Waals surface area contributed by atoms with Gasteiger partial charge < -0.3 is 18.9 Å². The second-order valence-corrected chi connectivity index (χ2v) is 14.3. The first-order chi connectivity index (χ1) is 22.1. The van der Waals surface area contributed by atoms with Crippen molar-refractivity contribution in [2.45, 2.75) is 129 Å². The minimum absolute atomic E-state index is 0.0821. The summed E-state index contributed by atoms with van der Waals surface area (Å²) in [5.41, 5.74) is 0. The summed E-state index contributed by atoms with van der Waals surface area (Å²) in [5.74, 6) is -0.342. The molecule has 0 aromatic rings. The molecule has 2 atom stereocenters. The van der Waals surface area contributed by atoms with Crippen LogP contribution in [0.25, 0.3) is 0 Å². The fourth-order valence-electron chi connectivity index (χ4n) is 4.36. The zero-order valence-electron chi connectivity index (χ0n) is 30.0. The van der Waals surface area contributed by atoms with Crippen molar-refractivity contribution in [2.75, 3.05) is 54.1 Å². The molecule has 2 unspecified atom stereocenters. The molecule has 0 saturated heterocycles. The predicted molar refractivity (Wildman–Crippen MR) is 192 cm³/mol. The van der Waals surface area contributed by atoms with Gasteiger partial charge in [0.05, 0.1) is 34.4 Å². The van der Waals surface area contributed by atoms with E-state index in [0.29, 0.717) is 24.1 Å². The fourth-order valence-corrected chi connectivity index (χ4v) is 5.11. The number of nitrogens with zero attached hydrogens (tertiary/aromatic N) is 1. The van der Waals surface area contributed by atoms with Crippen LogP contribution >= 0.6 is 7.82 Å². The van der Waals surface area contributed by atoms with E-state index in [9.17, 15) is 14.3 Å². The topological polar surface area (TPSA) is 91.3 Å². The highest BCUT2D eigenvalue weighted by Gasteiger charge is 2.26. The van der Waals surface area contributed by atoms with Gasteiger partial charge in [0.25, 0.3) is 0 Å². The van der Waals surface area contributed by atoms with Crippen LogP contribution in [0.4, 0.5) is 0 Å². The van der Waals surface area contributed by atoms with Crippen molar-refractivity contribution in [3.05, 3.63) is 48.6 Å². The quantitative estimate of drug-likeness (QED) is 0.0251. The summed E-state index contributed by atoms with van der Waals surface area (Å²) in [4.78, 5) is 22.7. The summed E-state index contributed by atoms with van der Waals surface area (Å²) in [6.45, 7) is 5.41. The highest BCUT2D eigenvalue weighted by Crippen LogP contribution is 2.43. The zero-order valence-corrected chi connectivity index (χ0v) is 30.9. The Morgan fingerprint density at radius 2 is 1.26 bits per heavy atom. The van der Waals surface area contributed by atoms with Crippen molar-refractivity contribution < 1.29 is 37.3 Å². The lowest BCUT2D eigenvalue weighted by Gasteiger charge is -2.24. The van der Waals surface area contributed by atoms with Crippen LogP contribution < -0.4 is 0 Å². The molecule has 0 spiro atoms. The van der Waals surface area contributed by atoms with E-state index in [-0.39, 0.29) is 25.8 Å². The van der Waals surface area contributed by atoms with Crippen LogP contribution in [-0.2, 0) is 27.9 Å². The molecule has 1 N–H and O–H groups in total. The SMILES string of the molecule is CC/C=C\C/C=C\C/C=C\C/C=C\CCCCCCC(=O)OC(COCCCCCCCCC)COP(=O)(O)OCC[N+](C)(C)C. The lowest BCUT2D eigenvalue weighted by molar-refractivity contribution is -0.870. The van der Waals surface area contributed by atoms with Crippen molar-refractivity contribution in [3.63, 3.8) is 0 Å². The van der Waals surface area contributed by atoms with E-state index in [2.05, 4.69) is 62.5 Å². The van der Waals surface area contributed by atoms with E-state index in [1.54, 1.807) is 0 Å². The van der Waals surface area contributed by atoms with Gasteiger partial charge in [-0.15, -0.1) is 0 Å². The number of ether oxygens (including phenoxy) is 2. The van der Waals surface area contributed by atoms with Crippen molar-refractivity contribution in [1.82, 2.24) is 0 Å². The Hall–Kier alpha value is -1.54. The summed E-state index contributed by atoms with van der Waals surface area (Å²) in [5, 5.41) is 0. The molecule has 0 radical (unpaired) electrons. The van der Waals surface area contributed by atoms with Gasteiger partial charge in [-0.2, -0.15) is 0 Å². The maximum absolute atomic E-state index is 12.6. The number of esters is 1. The van der Waals surface area contributed by atoms with Crippen LogP contribution in [0.5, 0.6) is 0 Å². The second-order valence-electron chi connectivity index (χ2n) is 12.9. The number of phosphoric acid groups is 1. The van der Waals surface area contributed by atoms with Gasteiger partial charge >= 0.3 is 13.8 Å². The van der Waals surface area contributed by atoms with Gasteiger partial charge in [-0.05, 0) is 51.4 Å². The van der Waals surface area contributed by atoms with Gasteiger partial charge in [0, 0.05) is 13.0 Å². The van der Waals surface area contributed by atoms with Gasteiger partial charge in [0.1, 0.15) is 19.3 Å². The minimum atomic E-state index is -4.27. The largest absolute Gasteiger partial charge is 0.472 e. The number of carbonyl (C=O) groups is 1. The monoisotopic (exact) mass is 670 g/mol. The molecule has 0 heterocycles. The van der Waals surface area contributed by atoms with Gasteiger partial charge in [-0.3, -0.25) is 13.8 Å². The predicted octanol–water partition coefficient (Wildman–Crippen LogP) is 9.65. The number of quaternary nitrogens is 1. The van der Waals surface area contributed by atoms with E-state index < -0.39 is 13.9 Å². The summed E-state index contributed by atoms with van der Waals surface area (Å²) in [6.07, 6.45) is 34.3. The molecule has 0 fully saturated rings. The lowest BCUT2D eigenvalue weighted by Crippen LogP contribution is -2.37. The number of allylic oxidation sites excluding steroid dienone is 8. The molecule has 0 aliphatic rings. The number of rotatable bonds is 32. The molecule has 268 valence electrons. The second kappa shape index (κ2) is 30.8. The molecule has 0 amide bonds. The molecule has 0 rings (SSSR count). The first-order valence-electron chi connectivity index (χ1n) is 17.9. The Kier molecular flexibility index (Phi) is 29.7. The maximum Gasteiger partial charge on any atom is 0.472 e. The lowest BCUT2D eigenvalue weighted by atomic mass is 10.1. The Morgan fingerprint density at radius 1 is 0.696 bits per heavy atom. The van der Waals surface area contributed by atoms with Crippen molar-refractivity contribution in [1.29, 1.82) is 0 Å². The normalized spacial score (nSPS) is 14.7. The molecule has 0 aromatic heterocycles. The Morgan fingerprint density at radius 3 is 1.89 bits per heavy atom. The van der Waals surface area contributed by atoms with Crippen LogP contribution in [0.15, 0.2) is 48.6 Å². The van der Waals surface area contributed by atoms with E-state index in [4.69, 9.17) is 18.5 Å². The minimum Gasteiger partial charge on any atom is -0.457 e. The summed E-state index contributed by atoms with van der Waals surface area (Å²) in [7, 11) is 1.64. The zero-order chi connectivity index (χ0) is 34.2. The van der Waals surface area contributed by atoms with E-state index in [1.807, 2.05) is 21.1 Å². The van der Waals surface area contributed by atoms with Crippen molar-refractivity contribution in [2.24, 2.45) is 0 Å². The number of unbranched alkanes of at least 4 members (excludes halogenated alkanes) is 10. The standard InChI is InChI=1S/C37H68NO7P/c1-6-8-10-12-14-15-16-17-18-19-20-21-22-23-24-26-28-30-37(39)45-36(34-42-32-29-27-25-13-11-9-7-2)35-44-46(40,41)43-33-31-38(3,4)5/h8,10,14-15,17-18,20-21,36H,6-7,9,11-13,16,19,22-35H2,1-5H3/p+1/b10-8-,15-14-,18-17-,21-20-. The molecule has 46 heavy (non-hydrogen) atoms. The fraction of sp³-hybridized carbons (Fsp3) is 0.757. The molecular weight excluding hydrogens is 601 g/mol. The molecule has 0 aliphatic heterocycles. The number of hydrogen-bond acceptors (Lipinski definition) is 6. The van der Waals surface area contributed by atoms with Gasteiger partial charge in [-0.25, -0.2) is 4.57 Å². The Bertz CT molecular complexity index is 879. The molecule has 0 bridgehead atoms.